The van der Waals surface area contributed by atoms with Crippen molar-refractivity contribution < 1.29 is 22.8 Å². The van der Waals surface area contributed by atoms with Crippen molar-refractivity contribution in [3.63, 3.8) is 0 Å². The second kappa shape index (κ2) is 8.32. The Morgan fingerprint density at radius 2 is 2.21 bits per heavy atom. The fraction of sp³-hybridized carbons (Fsp3) is 0.444. The number of H-pyrrole nitrogens is 1. The van der Waals surface area contributed by atoms with Crippen LogP contribution in [-0.4, -0.2) is 40.0 Å². The molecule has 2 aromatic rings. The van der Waals surface area contributed by atoms with Crippen LogP contribution in [0.1, 0.15) is 49.6 Å². The number of hydrogen-bond donors (Lipinski definition) is 2. The summed E-state index contributed by atoms with van der Waals surface area (Å²) < 4.78 is 32.3. The number of benzene rings is 1. The number of amides is 2. The zero-order valence-electron chi connectivity index (χ0n) is 15.2. The van der Waals surface area contributed by atoms with E-state index in [0.717, 1.165) is 6.07 Å². The molecule has 2 atom stereocenters. The third-order valence-corrected chi connectivity index (χ3v) is 4.67. The maximum absolute atomic E-state index is 14.2. The van der Waals surface area contributed by atoms with E-state index >= 15 is 0 Å². The summed E-state index contributed by atoms with van der Waals surface area (Å²) in [7, 11) is 0. The highest BCUT2D eigenvalue weighted by Crippen LogP contribution is 2.27. The number of aromatic amines is 1. The minimum Gasteiger partial charge on any atom is -0.392 e. The molecular formula is C18H20F2N4O4. The summed E-state index contributed by atoms with van der Waals surface area (Å²) in [5.74, 6) is -2.95. The van der Waals surface area contributed by atoms with Crippen LogP contribution in [0.5, 0.6) is 0 Å². The summed E-state index contributed by atoms with van der Waals surface area (Å²) in [6, 6.07) is 2.09. The molecule has 2 N–H and O–H groups in total. The van der Waals surface area contributed by atoms with Gasteiger partial charge in [0.2, 0.25) is 17.7 Å². The van der Waals surface area contributed by atoms with E-state index in [2.05, 4.69) is 15.5 Å². The summed E-state index contributed by atoms with van der Waals surface area (Å²) >= 11 is 0. The van der Waals surface area contributed by atoms with Crippen LogP contribution >= 0.6 is 0 Å². The highest BCUT2D eigenvalue weighted by molar-refractivity contribution is 5.79. The van der Waals surface area contributed by atoms with E-state index in [1.807, 2.05) is 0 Å². The van der Waals surface area contributed by atoms with Gasteiger partial charge in [0.05, 0.1) is 18.4 Å². The SMILES string of the molecule is CC(=O)N[C@H](CC(=O)N1CCC[C@H](c2n[nH]c(=O)o2)C1)c1ccc(F)cc1F. The predicted octanol–water partition coefficient (Wildman–Crippen LogP) is 1.61. The number of carbonyl (C=O) groups excluding carboxylic acids is 2. The third-order valence-electron chi connectivity index (χ3n) is 4.67. The maximum Gasteiger partial charge on any atom is 0.434 e. The molecule has 2 amide bonds. The molecule has 0 bridgehead atoms. The van der Waals surface area contributed by atoms with E-state index in [1.54, 1.807) is 4.90 Å². The molecule has 2 heterocycles. The number of piperidine rings is 1. The molecule has 1 aliphatic heterocycles. The first-order valence-electron chi connectivity index (χ1n) is 8.88. The van der Waals surface area contributed by atoms with E-state index in [-0.39, 0.29) is 29.7 Å². The fourth-order valence-electron chi connectivity index (χ4n) is 3.39. The molecule has 0 unspecified atom stereocenters. The third kappa shape index (κ3) is 4.62. The number of halogens is 2. The molecule has 1 saturated heterocycles. The van der Waals surface area contributed by atoms with E-state index in [9.17, 15) is 23.2 Å². The van der Waals surface area contributed by atoms with Gasteiger partial charge in [0.1, 0.15) is 11.6 Å². The average Bonchev–Trinajstić information content (AvgIpc) is 3.07. The van der Waals surface area contributed by atoms with Gasteiger partial charge in [-0.15, -0.1) is 5.10 Å². The van der Waals surface area contributed by atoms with Crippen molar-refractivity contribution in [3.8, 4) is 0 Å². The smallest absolute Gasteiger partial charge is 0.392 e. The number of likely N-dealkylation sites (tertiary alicyclic amines) is 1. The lowest BCUT2D eigenvalue weighted by Crippen LogP contribution is -2.41. The Labute approximate surface area is 158 Å². The molecule has 8 nitrogen and oxygen atoms in total. The maximum atomic E-state index is 14.2. The monoisotopic (exact) mass is 394 g/mol. The summed E-state index contributed by atoms with van der Waals surface area (Å²) in [5, 5.41) is 8.56. The Balaban J connectivity index is 1.73. The molecule has 0 aliphatic carbocycles. The minimum absolute atomic E-state index is 0.0387. The molecule has 0 spiro atoms. The van der Waals surface area contributed by atoms with Gasteiger partial charge < -0.3 is 14.6 Å². The van der Waals surface area contributed by atoms with Crippen molar-refractivity contribution in [3.05, 3.63) is 51.8 Å². The van der Waals surface area contributed by atoms with Crippen LogP contribution in [0.15, 0.2) is 27.4 Å². The van der Waals surface area contributed by atoms with Gasteiger partial charge in [0, 0.05) is 31.6 Å². The van der Waals surface area contributed by atoms with Crippen molar-refractivity contribution in [2.75, 3.05) is 13.1 Å². The van der Waals surface area contributed by atoms with E-state index < -0.39 is 29.3 Å². The van der Waals surface area contributed by atoms with Crippen LogP contribution in [0.3, 0.4) is 0 Å². The van der Waals surface area contributed by atoms with Crippen LogP contribution < -0.4 is 11.1 Å². The van der Waals surface area contributed by atoms with Crippen LogP contribution in [0.4, 0.5) is 8.78 Å². The first-order chi connectivity index (χ1) is 13.3. The average molecular weight is 394 g/mol. The highest BCUT2D eigenvalue weighted by atomic mass is 19.1. The quantitative estimate of drug-likeness (QED) is 0.801. The zero-order valence-corrected chi connectivity index (χ0v) is 15.2. The molecular weight excluding hydrogens is 374 g/mol. The van der Waals surface area contributed by atoms with Gasteiger partial charge in [0.25, 0.3) is 0 Å². The lowest BCUT2D eigenvalue weighted by atomic mass is 9.96. The van der Waals surface area contributed by atoms with Gasteiger partial charge in [-0.25, -0.2) is 18.7 Å². The molecule has 0 saturated carbocycles. The van der Waals surface area contributed by atoms with E-state index in [1.165, 1.54) is 13.0 Å². The number of nitrogens with zero attached hydrogens (tertiary/aromatic N) is 2. The van der Waals surface area contributed by atoms with Gasteiger partial charge in [-0.2, -0.15) is 0 Å². The van der Waals surface area contributed by atoms with Gasteiger partial charge >= 0.3 is 5.76 Å². The highest BCUT2D eigenvalue weighted by Gasteiger charge is 2.30. The molecule has 150 valence electrons. The Kier molecular flexibility index (Phi) is 5.86. The minimum atomic E-state index is -0.922. The molecule has 28 heavy (non-hydrogen) atoms. The summed E-state index contributed by atoms with van der Waals surface area (Å²) in [4.78, 5) is 37.0. The van der Waals surface area contributed by atoms with Crippen LogP contribution in [0.25, 0.3) is 0 Å². The Bertz CT molecular complexity index is 926. The van der Waals surface area contributed by atoms with Crippen molar-refractivity contribution in [2.24, 2.45) is 0 Å². The van der Waals surface area contributed by atoms with E-state index in [0.29, 0.717) is 32.0 Å². The van der Waals surface area contributed by atoms with Gasteiger partial charge in [-0.05, 0) is 18.9 Å². The molecule has 1 fully saturated rings. The van der Waals surface area contributed by atoms with Crippen LogP contribution in [0.2, 0.25) is 0 Å². The first-order valence-corrected chi connectivity index (χ1v) is 8.88. The van der Waals surface area contributed by atoms with Crippen molar-refractivity contribution in [1.82, 2.24) is 20.4 Å². The molecule has 3 rings (SSSR count). The Morgan fingerprint density at radius 3 is 2.86 bits per heavy atom. The Morgan fingerprint density at radius 1 is 1.43 bits per heavy atom. The summed E-state index contributed by atoms with van der Waals surface area (Å²) in [6.45, 7) is 2.05. The van der Waals surface area contributed by atoms with Gasteiger partial charge in [-0.3, -0.25) is 9.59 Å². The number of nitrogens with one attached hydrogen (secondary N) is 2. The normalized spacial score (nSPS) is 18.0. The molecule has 0 radical (unpaired) electrons. The molecule has 1 aromatic heterocycles. The number of hydrogen-bond acceptors (Lipinski definition) is 5. The fourth-order valence-corrected chi connectivity index (χ4v) is 3.39. The van der Waals surface area contributed by atoms with Crippen molar-refractivity contribution in [1.29, 1.82) is 0 Å². The van der Waals surface area contributed by atoms with Crippen molar-refractivity contribution >= 4 is 11.8 Å². The second-order valence-corrected chi connectivity index (χ2v) is 6.75. The van der Waals surface area contributed by atoms with Crippen LogP contribution in [0, 0.1) is 11.6 Å². The summed E-state index contributed by atoms with van der Waals surface area (Å²) in [6.07, 6.45) is 1.21. The van der Waals surface area contributed by atoms with Crippen LogP contribution in [-0.2, 0) is 9.59 Å². The topological polar surface area (TPSA) is 108 Å². The van der Waals surface area contributed by atoms with Gasteiger partial charge in [-0.1, -0.05) is 6.07 Å². The number of aromatic nitrogens is 2. The standard InChI is InChI=1S/C18H20F2N4O4/c1-10(25)21-15(13-5-4-12(19)7-14(13)20)8-16(26)24-6-2-3-11(9-24)17-22-23-18(27)28-17/h4-5,7,11,15H,2-3,6,8-9H2,1H3,(H,21,25)(H,23,27)/t11-,15+/m0/s1. The number of rotatable bonds is 5. The lowest BCUT2D eigenvalue weighted by Gasteiger charge is -2.32. The molecule has 1 aliphatic rings. The van der Waals surface area contributed by atoms with Gasteiger partial charge in [0.15, 0.2) is 0 Å². The Hall–Kier alpha value is -3.04. The zero-order chi connectivity index (χ0) is 20.3. The lowest BCUT2D eigenvalue weighted by molar-refractivity contribution is -0.133. The molecule has 10 heteroatoms. The first kappa shape index (κ1) is 19.7. The summed E-state index contributed by atoms with van der Waals surface area (Å²) in [5.41, 5.74) is 0.0387. The molecule has 1 aromatic carbocycles. The van der Waals surface area contributed by atoms with E-state index in [4.69, 9.17) is 4.42 Å². The number of carbonyl (C=O) groups is 2. The van der Waals surface area contributed by atoms with Crippen molar-refractivity contribution in [2.45, 2.75) is 38.1 Å². The largest absolute Gasteiger partial charge is 0.434 e. The second-order valence-electron chi connectivity index (χ2n) is 6.75. The predicted molar refractivity (Wildman–Crippen MR) is 93.2 cm³/mol.